The van der Waals surface area contributed by atoms with Crippen molar-refractivity contribution in [1.82, 2.24) is 0 Å². The third-order valence-electron chi connectivity index (χ3n) is 6.18. The van der Waals surface area contributed by atoms with E-state index in [0.717, 1.165) is 55.6 Å². The number of unbranched alkanes of at least 4 members (excludes halogenated alkanes) is 1. The fourth-order valence-electron chi connectivity index (χ4n) is 4.24. The number of amides is 1. The molecule has 5 heteroatoms. The van der Waals surface area contributed by atoms with Crippen molar-refractivity contribution in [2.45, 2.75) is 39.0 Å². The number of nitrogens with one attached hydrogen (secondary N) is 1. The van der Waals surface area contributed by atoms with Crippen molar-refractivity contribution in [1.29, 1.82) is 5.26 Å². The van der Waals surface area contributed by atoms with Gasteiger partial charge in [0.05, 0.1) is 23.4 Å². The van der Waals surface area contributed by atoms with Crippen LogP contribution in [0.5, 0.6) is 5.75 Å². The Hall–Kier alpha value is -3.78. The second kappa shape index (κ2) is 11.4. The van der Waals surface area contributed by atoms with Gasteiger partial charge in [-0.2, -0.15) is 5.26 Å². The molecule has 1 amide bonds. The molecule has 34 heavy (non-hydrogen) atoms. The van der Waals surface area contributed by atoms with E-state index in [-0.39, 0.29) is 5.91 Å². The van der Waals surface area contributed by atoms with Gasteiger partial charge >= 0.3 is 0 Å². The van der Waals surface area contributed by atoms with E-state index in [9.17, 15) is 10.1 Å². The highest BCUT2D eigenvalue weighted by atomic mass is 16.5. The molecule has 1 N–H and O–H groups in total. The molecule has 0 unspecified atom stereocenters. The molecule has 4 rings (SSSR count). The summed E-state index contributed by atoms with van der Waals surface area (Å²) in [5.74, 6) is 0.302. The third kappa shape index (κ3) is 5.58. The lowest BCUT2D eigenvalue weighted by atomic mass is 10.0. The van der Waals surface area contributed by atoms with E-state index in [1.165, 1.54) is 6.42 Å². The van der Waals surface area contributed by atoms with Crippen LogP contribution in [0.4, 0.5) is 11.4 Å². The van der Waals surface area contributed by atoms with Crippen LogP contribution in [-0.4, -0.2) is 25.6 Å². The number of benzene rings is 3. The fourth-order valence-corrected chi connectivity index (χ4v) is 4.24. The van der Waals surface area contributed by atoms with Gasteiger partial charge in [-0.15, -0.1) is 0 Å². The first-order chi connectivity index (χ1) is 16.7. The number of hydrogen-bond donors (Lipinski definition) is 1. The zero-order chi connectivity index (χ0) is 23.8. The van der Waals surface area contributed by atoms with Gasteiger partial charge in [0.1, 0.15) is 11.8 Å². The van der Waals surface area contributed by atoms with E-state index in [1.54, 1.807) is 6.07 Å². The van der Waals surface area contributed by atoms with E-state index in [4.69, 9.17) is 4.74 Å². The van der Waals surface area contributed by atoms with Gasteiger partial charge in [0.25, 0.3) is 5.91 Å². The van der Waals surface area contributed by atoms with Crippen LogP contribution in [0.1, 0.15) is 54.9 Å². The summed E-state index contributed by atoms with van der Waals surface area (Å²) in [5, 5.41) is 12.6. The zero-order valence-electron chi connectivity index (χ0n) is 19.7. The van der Waals surface area contributed by atoms with Gasteiger partial charge in [0.2, 0.25) is 0 Å². The molecule has 5 nitrogen and oxygen atoms in total. The maximum Gasteiger partial charge on any atom is 0.259 e. The van der Waals surface area contributed by atoms with Crippen molar-refractivity contribution in [3.8, 4) is 22.9 Å². The van der Waals surface area contributed by atoms with Crippen LogP contribution >= 0.6 is 0 Å². The number of nitriles is 1. The largest absolute Gasteiger partial charge is 0.493 e. The molecule has 3 aromatic carbocycles. The van der Waals surface area contributed by atoms with Gasteiger partial charge in [-0.1, -0.05) is 49.7 Å². The monoisotopic (exact) mass is 453 g/mol. The van der Waals surface area contributed by atoms with Crippen molar-refractivity contribution < 1.29 is 9.53 Å². The molecule has 0 atom stereocenters. The number of anilines is 2. The lowest BCUT2D eigenvalue weighted by Gasteiger charge is -2.29. The SMILES string of the molecule is CCCCOc1ccc(N2CCCCC2)cc1C(=O)Nc1cc(-c2ccccc2)ccc1C#N. The molecule has 0 bridgehead atoms. The van der Waals surface area contributed by atoms with Crippen LogP contribution in [-0.2, 0) is 0 Å². The van der Waals surface area contributed by atoms with E-state index >= 15 is 0 Å². The van der Waals surface area contributed by atoms with Crippen LogP contribution in [0.25, 0.3) is 11.1 Å². The smallest absolute Gasteiger partial charge is 0.259 e. The first-order valence-electron chi connectivity index (χ1n) is 12.1. The number of carbonyl (C=O) groups excluding carboxylic acids is 1. The van der Waals surface area contributed by atoms with Gasteiger partial charge in [0, 0.05) is 18.8 Å². The Morgan fingerprint density at radius 3 is 2.53 bits per heavy atom. The molecule has 0 saturated carbocycles. The minimum absolute atomic E-state index is 0.271. The Kier molecular flexibility index (Phi) is 7.83. The van der Waals surface area contributed by atoms with Crippen LogP contribution in [0, 0.1) is 11.3 Å². The molecule has 3 aromatic rings. The standard InChI is InChI=1S/C29H31N3O2/c1-2-3-18-34-28-15-14-25(32-16-8-5-9-17-32)20-26(28)29(33)31-27-19-23(12-13-24(27)21-30)22-10-6-4-7-11-22/h4,6-7,10-15,19-20H,2-3,5,8-9,16-18H2,1H3,(H,31,33). The molecular weight excluding hydrogens is 422 g/mol. The molecule has 1 aliphatic heterocycles. The van der Waals surface area contributed by atoms with Gasteiger partial charge < -0.3 is 15.0 Å². The number of rotatable bonds is 8. The summed E-state index contributed by atoms with van der Waals surface area (Å²) in [5.41, 5.74) is 4.42. The molecule has 0 aliphatic carbocycles. The molecule has 1 fully saturated rings. The summed E-state index contributed by atoms with van der Waals surface area (Å²) in [6, 6.07) is 23.5. The molecule has 1 aliphatic rings. The van der Waals surface area contributed by atoms with E-state index in [2.05, 4.69) is 23.2 Å². The molecular formula is C29H31N3O2. The molecule has 0 aromatic heterocycles. The quantitative estimate of drug-likeness (QED) is 0.388. The molecule has 1 saturated heterocycles. The predicted molar refractivity (Wildman–Crippen MR) is 137 cm³/mol. The molecule has 0 spiro atoms. The fraction of sp³-hybridized carbons (Fsp3) is 0.310. The summed E-state index contributed by atoms with van der Waals surface area (Å²) in [6.07, 6.45) is 5.51. The summed E-state index contributed by atoms with van der Waals surface area (Å²) in [4.78, 5) is 15.8. The van der Waals surface area contributed by atoms with Crippen molar-refractivity contribution in [3.05, 3.63) is 77.9 Å². The molecule has 174 valence electrons. The second-order valence-corrected chi connectivity index (χ2v) is 8.62. The lowest BCUT2D eigenvalue weighted by molar-refractivity contribution is 0.102. The normalized spacial score (nSPS) is 13.2. The van der Waals surface area contributed by atoms with Crippen LogP contribution in [0.2, 0.25) is 0 Å². The molecule has 0 radical (unpaired) electrons. The van der Waals surface area contributed by atoms with Crippen LogP contribution in [0.15, 0.2) is 66.7 Å². The topological polar surface area (TPSA) is 65.4 Å². The van der Waals surface area contributed by atoms with Gasteiger partial charge in [-0.3, -0.25) is 4.79 Å². The van der Waals surface area contributed by atoms with Crippen LogP contribution in [0.3, 0.4) is 0 Å². The van der Waals surface area contributed by atoms with E-state index < -0.39 is 0 Å². The summed E-state index contributed by atoms with van der Waals surface area (Å²) in [7, 11) is 0. The Morgan fingerprint density at radius 2 is 1.79 bits per heavy atom. The maximum atomic E-state index is 13.5. The number of ether oxygens (including phenoxy) is 1. The Bertz CT molecular complexity index is 1160. The first kappa shape index (κ1) is 23.4. The maximum absolute atomic E-state index is 13.5. The number of nitrogens with zero attached hydrogens (tertiary/aromatic N) is 2. The van der Waals surface area contributed by atoms with Gasteiger partial charge in [0.15, 0.2) is 0 Å². The van der Waals surface area contributed by atoms with E-state index in [0.29, 0.717) is 29.2 Å². The first-order valence-corrected chi connectivity index (χ1v) is 12.1. The highest BCUT2D eigenvalue weighted by Gasteiger charge is 2.19. The number of hydrogen-bond acceptors (Lipinski definition) is 4. The lowest BCUT2D eigenvalue weighted by Crippen LogP contribution is -2.29. The minimum Gasteiger partial charge on any atom is -0.493 e. The highest BCUT2D eigenvalue weighted by Crippen LogP contribution is 2.30. The number of piperidine rings is 1. The van der Waals surface area contributed by atoms with Crippen molar-refractivity contribution in [2.24, 2.45) is 0 Å². The predicted octanol–water partition coefficient (Wildman–Crippen LogP) is 6.65. The highest BCUT2D eigenvalue weighted by molar-refractivity contribution is 6.07. The molecule has 1 heterocycles. The van der Waals surface area contributed by atoms with Crippen molar-refractivity contribution in [3.63, 3.8) is 0 Å². The number of carbonyl (C=O) groups is 1. The zero-order valence-corrected chi connectivity index (χ0v) is 19.7. The van der Waals surface area contributed by atoms with E-state index in [1.807, 2.05) is 60.7 Å². The van der Waals surface area contributed by atoms with Crippen molar-refractivity contribution in [2.75, 3.05) is 29.9 Å². The van der Waals surface area contributed by atoms with Gasteiger partial charge in [-0.05, 0) is 67.1 Å². The minimum atomic E-state index is -0.271. The summed E-state index contributed by atoms with van der Waals surface area (Å²) >= 11 is 0. The van der Waals surface area contributed by atoms with Gasteiger partial charge in [-0.25, -0.2) is 0 Å². The Labute approximate surface area is 202 Å². The second-order valence-electron chi connectivity index (χ2n) is 8.62. The summed E-state index contributed by atoms with van der Waals surface area (Å²) < 4.78 is 5.98. The average Bonchev–Trinajstić information content (AvgIpc) is 2.90. The Morgan fingerprint density at radius 1 is 1.00 bits per heavy atom. The summed E-state index contributed by atoms with van der Waals surface area (Å²) in [6.45, 7) is 4.66. The van der Waals surface area contributed by atoms with Crippen molar-refractivity contribution >= 4 is 17.3 Å². The third-order valence-corrected chi connectivity index (χ3v) is 6.18. The Balaban J connectivity index is 1.65. The average molecular weight is 454 g/mol. The van der Waals surface area contributed by atoms with Crippen LogP contribution < -0.4 is 15.0 Å².